The first-order valence-corrected chi connectivity index (χ1v) is 13.0. The average molecular weight is 514 g/mol. The van der Waals surface area contributed by atoms with Gasteiger partial charge in [0.25, 0.3) is 5.91 Å². The molecule has 0 aliphatic carbocycles. The summed E-state index contributed by atoms with van der Waals surface area (Å²) in [7, 11) is -13.5. The molecule has 3 rings (SSSR count). The molecule has 3 N–H and O–H groups in total. The first-order chi connectivity index (χ1) is 11.9. The van der Waals surface area contributed by atoms with Crippen molar-refractivity contribution >= 4 is 31.7 Å². The number of nitrogens with zero attached hydrogens (tertiary/aromatic N) is 3. The van der Waals surface area contributed by atoms with Gasteiger partial charge in [0.05, 0.1) is 4.83 Å². The minimum absolute atomic E-state index is 0.410. The quantitative estimate of drug-likeness (QED) is 0.226. The Kier molecular flexibility index (Phi) is 6.32. The van der Waals surface area contributed by atoms with Gasteiger partial charge in [-0.15, -0.1) is 9.34 Å². The minimum atomic E-state index is -10.7. The van der Waals surface area contributed by atoms with Crippen molar-refractivity contribution in [3.63, 3.8) is 0 Å². The molecule has 6 nitrogen and oxygen atoms in total. The van der Waals surface area contributed by atoms with Crippen LogP contribution >= 0.6 is 31.7 Å². The summed E-state index contributed by atoms with van der Waals surface area (Å²) < 4.78 is 65.0. The van der Waals surface area contributed by atoms with Crippen molar-refractivity contribution in [1.29, 1.82) is 0 Å². The molecule has 3 aliphatic rings. The van der Waals surface area contributed by atoms with Gasteiger partial charge in [0.2, 0.25) is 0 Å². The maximum absolute atomic E-state index is 11.5. The van der Waals surface area contributed by atoms with Gasteiger partial charge in [0.15, 0.2) is 0 Å². The van der Waals surface area contributed by atoms with Gasteiger partial charge in [0, 0.05) is 32.7 Å². The van der Waals surface area contributed by atoms with E-state index < -0.39 is 26.5 Å². The SMILES string of the molecule is F[P-](F)(F)(F)(F)F.OC1(O)C(Br)CCN1[P+](O)(N1CCCC1)N1CCCC1. The molecule has 3 fully saturated rings. The van der Waals surface area contributed by atoms with Crippen LogP contribution in [0.25, 0.3) is 0 Å². The second-order valence-electron chi connectivity index (χ2n) is 6.88. The Balaban J connectivity index is 0.000000321. The summed E-state index contributed by atoms with van der Waals surface area (Å²) in [6.07, 6.45) is 4.94. The fourth-order valence-electron chi connectivity index (χ4n) is 3.51. The minimum Gasteiger partial charge on any atom is -0.350 e. The van der Waals surface area contributed by atoms with Gasteiger partial charge in [-0.1, -0.05) is 20.6 Å². The van der Waals surface area contributed by atoms with Crippen LogP contribution in [0.4, 0.5) is 25.2 Å². The molecular formula is C12H24BrF6N3O3P2. The van der Waals surface area contributed by atoms with Crippen LogP contribution in [-0.2, 0) is 0 Å². The van der Waals surface area contributed by atoms with Crippen molar-refractivity contribution in [2.45, 2.75) is 42.8 Å². The molecule has 0 aromatic heterocycles. The number of alkyl halides is 1. The Bertz CT molecular complexity index is 516. The molecule has 164 valence electrons. The van der Waals surface area contributed by atoms with Crippen molar-refractivity contribution < 1.29 is 40.3 Å². The summed E-state index contributed by atoms with van der Waals surface area (Å²) >= 11 is 3.34. The van der Waals surface area contributed by atoms with E-state index in [0.29, 0.717) is 13.0 Å². The van der Waals surface area contributed by atoms with Crippen LogP contribution < -0.4 is 0 Å². The topological polar surface area (TPSA) is 70.4 Å². The third-order valence-electron chi connectivity index (χ3n) is 4.64. The smallest absolute Gasteiger partial charge is 0.350 e. The van der Waals surface area contributed by atoms with Gasteiger partial charge in [-0.25, -0.2) is 0 Å². The van der Waals surface area contributed by atoms with Crippen LogP contribution in [0.3, 0.4) is 0 Å². The molecule has 0 aromatic carbocycles. The number of aliphatic hydroxyl groups is 2. The van der Waals surface area contributed by atoms with Gasteiger partial charge < -0.3 is 10.2 Å². The van der Waals surface area contributed by atoms with Crippen molar-refractivity contribution in [3.8, 4) is 0 Å². The van der Waals surface area contributed by atoms with Crippen LogP contribution in [0, 0.1) is 0 Å². The second-order valence-corrected chi connectivity index (χ2v) is 12.6. The van der Waals surface area contributed by atoms with Gasteiger partial charge in [-0.05, 0) is 32.1 Å². The van der Waals surface area contributed by atoms with Crippen LogP contribution in [0.1, 0.15) is 32.1 Å². The molecule has 3 saturated heterocycles. The summed E-state index contributed by atoms with van der Waals surface area (Å²) in [5.41, 5.74) is 0. The molecule has 1 unspecified atom stereocenters. The van der Waals surface area contributed by atoms with Gasteiger partial charge in [-0.3, -0.25) is 0 Å². The monoisotopic (exact) mass is 513 g/mol. The van der Waals surface area contributed by atoms with Gasteiger partial charge in [-0.2, -0.15) is 4.89 Å². The molecule has 3 aliphatic heterocycles. The summed E-state index contributed by atoms with van der Waals surface area (Å²) in [4.78, 5) is 11.1. The van der Waals surface area contributed by atoms with Gasteiger partial charge >= 0.3 is 40.9 Å². The zero-order valence-corrected chi connectivity index (χ0v) is 17.7. The predicted molar refractivity (Wildman–Crippen MR) is 95.5 cm³/mol. The third kappa shape index (κ3) is 6.58. The van der Waals surface area contributed by atoms with Crippen molar-refractivity contribution in [2.24, 2.45) is 0 Å². The molecule has 0 aromatic rings. The molecule has 0 amide bonds. The van der Waals surface area contributed by atoms with E-state index in [9.17, 15) is 40.3 Å². The summed E-state index contributed by atoms with van der Waals surface area (Å²) in [6, 6.07) is 0. The Morgan fingerprint density at radius 1 is 0.815 bits per heavy atom. The Hall–Kier alpha value is 0.680. The fraction of sp³-hybridized carbons (Fsp3) is 1.00. The summed E-state index contributed by atoms with van der Waals surface area (Å²) in [6.45, 7) is 3.90. The van der Waals surface area contributed by atoms with Crippen molar-refractivity contribution in [1.82, 2.24) is 14.0 Å². The van der Waals surface area contributed by atoms with Crippen LogP contribution in [0.2, 0.25) is 0 Å². The van der Waals surface area contributed by atoms with E-state index in [-0.39, 0.29) is 0 Å². The predicted octanol–water partition coefficient (Wildman–Crippen LogP) is 4.34. The van der Waals surface area contributed by atoms with Crippen LogP contribution in [0.5, 0.6) is 0 Å². The third-order valence-corrected chi connectivity index (χ3v) is 9.17. The normalized spacial score (nSPS) is 30.7. The molecule has 27 heavy (non-hydrogen) atoms. The average Bonchev–Trinajstić information content (AvgIpc) is 3.19. The molecule has 3 heterocycles. The Morgan fingerprint density at radius 3 is 1.41 bits per heavy atom. The first-order valence-electron chi connectivity index (χ1n) is 8.48. The van der Waals surface area contributed by atoms with E-state index in [4.69, 9.17) is 0 Å². The Labute approximate surface area is 162 Å². The number of hydrogen-bond acceptors (Lipinski definition) is 6. The summed E-state index contributed by atoms with van der Waals surface area (Å²) in [5.74, 6) is -1.96. The number of hydrogen-bond donors (Lipinski definition) is 3. The van der Waals surface area contributed by atoms with E-state index in [1.54, 1.807) is 4.67 Å². The molecule has 0 saturated carbocycles. The maximum Gasteiger partial charge on any atom is 0.373 e. The van der Waals surface area contributed by atoms with Crippen molar-refractivity contribution in [2.75, 3.05) is 32.7 Å². The largest absolute Gasteiger partial charge is 0.373 e. The first kappa shape index (κ1) is 24.0. The standard InChI is InChI=1S/C12H24BrN3O3P.F6P/c13-11-5-10-16(12(11,17)18)20(19,14-6-1-2-7-14)15-8-3-4-9-15;1-7(2,3,4,5)6/h11,17-19H,1-10H2;/q+1;-1. The fourth-order valence-corrected chi connectivity index (χ4v) is 7.64. The molecule has 0 bridgehead atoms. The van der Waals surface area contributed by atoms with Gasteiger partial charge in [0.1, 0.15) is 0 Å². The molecule has 15 heteroatoms. The number of halogens is 7. The zero-order valence-electron chi connectivity index (χ0n) is 14.4. The zero-order chi connectivity index (χ0) is 20.8. The molecule has 0 radical (unpaired) electrons. The summed E-state index contributed by atoms with van der Waals surface area (Å²) in [5, 5.41) is 20.9. The Morgan fingerprint density at radius 2 is 1.15 bits per heavy atom. The molecule has 1 atom stereocenters. The number of rotatable bonds is 3. The molecular weight excluding hydrogens is 490 g/mol. The van der Waals surface area contributed by atoms with E-state index in [2.05, 4.69) is 25.3 Å². The van der Waals surface area contributed by atoms with E-state index in [1.165, 1.54) is 0 Å². The van der Waals surface area contributed by atoms with Crippen LogP contribution in [-0.4, -0.2) is 72.6 Å². The second kappa shape index (κ2) is 7.13. The van der Waals surface area contributed by atoms with Crippen molar-refractivity contribution in [3.05, 3.63) is 0 Å². The maximum atomic E-state index is 11.5. The van der Waals surface area contributed by atoms with E-state index in [1.807, 2.05) is 0 Å². The molecule has 0 spiro atoms. The van der Waals surface area contributed by atoms with Crippen LogP contribution in [0.15, 0.2) is 0 Å². The van der Waals surface area contributed by atoms with E-state index in [0.717, 1.165) is 51.9 Å². The van der Waals surface area contributed by atoms with E-state index >= 15 is 0 Å².